The van der Waals surface area contributed by atoms with Crippen LogP contribution in [-0.2, 0) is 17.9 Å². The van der Waals surface area contributed by atoms with Crippen molar-refractivity contribution in [2.45, 2.75) is 45.7 Å². The molecule has 0 bridgehead atoms. The van der Waals surface area contributed by atoms with Crippen molar-refractivity contribution in [3.05, 3.63) is 95.1 Å². The van der Waals surface area contributed by atoms with Crippen LogP contribution in [0.3, 0.4) is 0 Å². The molecule has 7 nitrogen and oxygen atoms in total. The lowest BCUT2D eigenvalue weighted by Gasteiger charge is -2.28. The first-order valence-corrected chi connectivity index (χ1v) is 15.6. The fraction of sp³-hybridized carbons (Fsp3) is 0.429. The molecule has 0 aromatic heterocycles. The van der Waals surface area contributed by atoms with E-state index in [4.69, 9.17) is 4.74 Å². The number of halogens is 2. The highest BCUT2D eigenvalue weighted by Crippen LogP contribution is 2.28. The number of carbonyl (C=O) groups excluding carboxylic acids is 2. The van der Waals surface area contributed by atoms with Gasteiger partial charge in [0.25, 0.3) is 5.91 Å². The summed E-state index contributed by atoms with van der Waals surface area (Å²) in [6.07, 6.45) is 4.39. The molecule has 2 aliphatic heterocycles. The normalized spacial score (nSPS) is 17.1. The van der Waals surface area contributed by atoms with Crippen LogP contribution in [0.15, 0.2) is 66.7 Å². The molecule has 3 aromatic rings. The molecule has 0 aliphatic carbocycles. The van der Waals surface area contributed by atoms with Crippen molar-refractivity contribution in [3.63, 3.8) is 0 Å². The lowest BCUT2D eigenvalue weighted by Crippen LogP contribution is -2.38. The maximum absolute atomic E-state index is 14.5. The first-order chi connectivity index (χ1) is 21.4. The lowest BCUT2D eigenvalue weighted by atomic mass is 10.1. The quantitative estimate of drug-likeness (QED) is 0.345. The van der Waals surface area contributed by atoms with Gasteiger partial charge in [0.05, 0.1) is 5.69 Å². The predicted molar refractivity (Wildman–Crippen MR) is 168 cm³/mol. The van der Waals surface area contributed by atoms with E-state index in [1.54, 1.807) is 29.2 Å². The van der Waals surface area contributed by atoms with Crippen LogP contribution in [0.5, 0.6) is 5.75 Å². The van der Waals surface area contributed by atoms with Crippen molar-refractivity contribution < 1.29 is 23.1 Å². The van der Waals surface area contributed by atoms with Crippen molar-refractivity contribution in [1.29, 1.82) is 0 Å². The second kappa shape index (κ2) is 15.3. The highest BCUT2D eigenvalue weighted by Gasteiger charge is 2.25. The standard InChI is InChI=1S/C35H42F2N4O3/c1-27(42)41-18-8-17-39(25-28-9-4-2-5-10-28)19-20-40(26-30-23-32(36)33(37)24-34(30)41)35(43)29-11-13-31(14-12-29)44-22-21-38-15-6-3-7-16-38/h2,4-5,9-14,23-24H,3,6-8,15-22,25-26H2,1H3. The number of fused-ring (bicyclic) bond motifs is 1. The van der Waals surface area contributed by atoms with Gasteiger partial charge in [-0.05, 0) is 73.8 Å². The molecule has 9 heteroatoms. The Hall–Kier alpha value is -3.82. The molecule has 44 heavy (non-hydrogen) atoms. The van der Waals surface area contributed by atoms with Gasteiger partial charge in [-0.25, -0.2) is 8.78 Å². The van der Waals surface area contributed by atoms with Crippen LogP contribution in [0.2, 0.25) is 0 Å². The summed E-state index contributed by atoms with van der Waals surface area (Å²) in [7, 11) is 0. The van der Waals surface area contributed by atoms with Gasteiger partial charge in [0.1, 0.15) is 12.4 Å². The lowest BCUT2D eigenvalue weighted by molar-refractivity contribution is -0.116. The molecule has 0 N–H and O–H groups in total. The van der Waals surface area contributed by atoms with Crippen molar-refractivity contribution >= 4 is 17.5 Å². The van der Waals surface area contributed by atoms with Crippen LogP contribution in [0.25, 0.3) is 0 Å². The highest BCUT2D eigenvalue weighted by atomic mass is 19.2. The number of piperidine rings is 1. The third-order valence-electron chi connectivity index (χ3n) is 8.46. The third-order valence-corrected chi connectivity index (χ3v) is 8.46. The van der Waals surface area contributed by atoms with Crippen molar-refractivity contribution in [2.24, 2.45) is 0 Å². The maximum atomic E-state index is 14.5. The van der Waals surface area contributed by atoms with Gasteiger partial charge in [0, 0.05) is 64.4 Å². The Balaban J connectivity index is 1.36. The van der Waals surface area contributed by atoms with Gasteiger partial charge in [-0.15, -0.1) is 0 Å². The fourth-order valence-electron chi connectivity index (χ4n) is 6.04. The summed E-state index contributed by atoms with van der Waals surface area (Å²) in [5.41, 5.74) is 2.31. The molecular formula is C35H42F2N4O3. The number of rotatable bonds is 7. The summed E-state index contributed by atoms with van der Waals surface area (Å²) in [5, 5.41) is 0. The summed E-state index contributed by atoms with van der Waals surface area (Å²) >= 11 is 0. The molecule has 2 heterocycles. The molecular weight excluding hydrogens is 562 g/mol. The van der Waals surface area contributed by atoms with E-state index in [1.165, 1.54) is 31.1 Å². The summed E-state index contributed by atoms with van der Waals surface area (Å²) < 4.78 is 35.0. The fourth-order valence-corrected chi connectivity index (χ4v) is 6.04. The number of nitrogens with zero attached hydrogens (tertiary/aromatic N) is 4. The molecule has 0 radical (unpaired) electrons. The second-order valence-electron chi connectivity index (χ2n) is 11.7. The van der Waals surface area contributed by atoms with Gasteiger partial charge in [-0.1, -0.05) is 36.8 Å². The van der Waals surface area contributed by atoms with Gasteiger partial charge < -0.3 is 14.5 Å². The van der Waals surface area contributed by atoms with Crippen LogP contribution in [-0.4, -0.2) is 78.9 Å². The summed E-state index contributed by atoms with van der Waals surface area (Å²) in [5.74, 6) is -1.82. The van der Waals surface area contributed by atoms with E-state index in [0.29, 0.717) is 68.3 Å². The van der Waals surface area contributed by atoms with Gasteiger partial charge in [-0.2, -0.15) is 0 Å². The largest absolute Gasteiger partial charge is 0.492 e. The molecule has 2 amide bonds. The van der Waals surface area contributed by atoms with E-state index in [1.807, 2.05) is 18.2 Å². The van der Waals surface area contributed by atoms with Crippen LogP contribution in [0.1, 0.15) is 54.1 Å². The number of benzene rings is 3. The molecule has 3 aromatic carbocycles. The van der Waals surface area contributed by atoms with E-state index in [9.17, 15) is 18.4 Å². The molecule has 0 saturated carbocycles. The Morgan fingerprint density at radius 1 is 0.773 bits per heavy atom. The number of anilines is 1. The second-order valence-corrected chi connectivity index (χ2v) is 11.7. The van der Waals surface area contributed by atoms with Gasteiger partial charge in [-0.3, -0.25) is 19.4 Å². The van der Waals surface area contributed by atoms with Crippen LogP contribution in [0, 0.1) is 11.6 Å². The number of amides is 2. The number of carbonyl (C=O) groups is 2. The van der Waals surface area contributed by atoms with E-state index in [0.717, 1.165) is 37.3 Å². The van der Waals surface area contributed by atoms with Crippen molar-refractivity contribution in [3.8, 4) is 5.75 Å². The van der Waals surface area contributed by atoms with Gasteiger partial charge in [0.15, 0.2) is 11.6 Å². The molecule has 1 fully saturated rings. The van der Waals surface area contributed by atoms with E-state index in [2.05, 4.69) is 21.9 Å². The van der Waals surface area contributed by atoms with Gasteiger partial charge in [0.2, 0.25) is 5.91 Å². The van der Waals surface area contributed by atoms with Gasteiger partial charge >= 0.3 is 0 Å². The minimum absolute atomic E-state index is 0.0302. The third kappa shape index (κ3) is 8.42. The molecule has 1 saturated heterocycles. The Morgan fingerprint density at radius 2 is 1.48 bits per heavy atom. The average molecular weight is 605 g/mol. The summed E-state index contributed by atoms with van der Waals surface area (Å²) in [6, 6.07) is 19.4. The first kappa shape index (κ1) is 31.6. The number of ether oxygens (including phenoxy) is 1. The molecule has 0 atom stereocenters. The smallest absolute Gasteiger partial charge is 0.254 e. The molecule has 234 valence electrons. The zero-order chi connectivity index (χ0) is 30.9. The minimum atomic E-state index is -1.02. The monoisotopic (exact) mass is 604 g/mol. The Kier molecular flexibility index (Phi) is 11.0. The topological polar surface area (TPSA) is 56.3 Å². The Morgan fingerprint density at radius 3 is 2.20 bits per heavy atom. The molecule has 5 rings (SSSR count). The SMILES string of the molecule is CC(=O)N1CCCN(Cc2ccccc2)CCN(C(=O)c2ccc(OCCN3CCCCC3)cc2)Cc2cc(F)c(F)cc21. The summed E-state index contributed by atoms with van der Waals surface area (Å²) in [6.45, 7) is 7.80. The van der Waals surface area contributed by atoms with Crippen molar-refractivity contribution in [1.82, 2.24) is 14.7 Å². The summed E-state index contributed by atoms with van der Waals surface area (Å²) in [4.78, 5) is 34.5. The Bertz CT molecular complexity index is 1400. The molecule has 0 unspecified atom stereocenters. The molecule has 0 spiro atoms. The van der Waals surface area contributed by atoms with Crippen LogP contribution >= 0.6 is 0 Å². The van der Waals surface area contributed by atoms with Crippen LogP contribution in [0.4, 0.5) is 14.5 Å². The highest BCUT2D eigenvalue weighted by molar-refractivity contribution is 5.95. The minimum Gasteiger partial charge on any atom is -0.492 e. The number of likely N-dealkylation sites (tertiary alicyclic amines) is 1. The molecule has 2 aliphatic rings. The first-order valence-electron chi connectivity index (χ1n) is 15.6. The van der Waals surface area contributed by atoms with E-state index in [-0.39, 0.29) is 18.4 Å². The Labute approximate surface area is 259 Å². The van der Waals surface area contributed by atoms with E-state index < -0.39 is 11.6 Å². The zero-order valence-corrected chi connectivity index (χ0v) is 25.5. The maximum Gasteiger partial charge on any atom is 0.254 e. The number of hydrogen-bond donors (Lipinski definition) is 0. The average Bonchev–Trinajstić information content (AvgIpc) is 3.06. The predicted octanol–water partition coefficient (Wildman–Crippen LogP) is 5.73. The van der Waals surface area contributed by atoms with Crippen LogP contribution < -0.4 is 9.64 Å². The van der Waals surface area contributed by atoms with Crippen molar-refractivity contribution in [2.75, 3.05) is 57.3 Å². The number of hydrogen-bond acceptors (Lipinski definition) is 5. The zero-order valence-electron chi connectivity index (χ0n) is 25.5. The van der Waals surface area contributed by atoms with E-state index >= 15 is 0 Å².